The Morgan fingerprint density at radius 3 is 2.39 bits per heavy atom. The quantitative estimate of drug-likeness (QED) is 0.119. The van der Waals surface area contributed by atoms with Gasteiger partial charge < -0.3 is 24.4 Å². The minimum atomic E-state index is -0.644. The molecular formula is C42H50N4O5. The van der Waals surface area contributed by atoms with Crippen LogP contribution in [0.1, 0.15) is 82.2 Å². The van der Waals surface area contributed by atoms with E-state index >= 15 is 0 Å². The number of rotatable bonds is 12. The lowest BCUT2D eigenvalue weighted by atomic mass is 9.73. The number of nitrogens with zero attached hydrogens (tertiary/aromatic N) is 3. The molecule has 0 bridgehead atoms. The zero-order valence-electron chi connectivity index (χ0n) is 30.3. The van der Waals surface area contributed by atoms with E-state index in [1.165, 1.54) is 46.9 Å². The van der Waals surface area contributed by atoms with Gasteiger partial charge in [-0.25, -0.2) is 9.48 Å². The highest BCUT2D eigenvalue weighted by atomic mass is 16.6. The predicted molar refractivity (Wildman–Crippen MR) is 201 cm³/mol. The number of carbonyl (C=O) groups is 2. The van der Waals surface area contributed by atoms with Crippen LogP contribution in [0.2, 0.25) is 0 Å². The maximum absolute atomic E-state index is 12.9. The van der Waals surface area contributed by atoms with Gasteiger partial charge in [0.15, 0.2) is 6.23 Å². The molecule has 1 unspecified atom stereocenters. The highest BCUT2D eigenvalue weighted by molar-refractivity contribution is 6.01. The van der Waals surface area contributed by atoms with Crippen LogP contribution in [0, 0.1) is 5.92 Å². The highest BCUT2D eigenvalue weighted by Crippen LogP contribution is 2.45. The van der Waals surface area contributed by atoms with Crippen molar-refractivity contribution in [3.8, 4) is 5.75 Å². The number of aromatic nitrogens is 2. The molecule has 2 fully saturated rings. The summed E-state index contributed by atoms with van der Waals surface area (Å²) in [4.78, 5) is 26.1. The molecular weight excluding hydrogens is 640 g/mol. The van der Waals surface area contributed by atoms with Crippen molar-refractivity contribution in [2.24, 2.45) is 5.92 Å². The van der Waals surface area contributed by atoms with E-state index in [4.69, 9.17) is 19.3 Å². The molecule has 4 aromatic rings. The maximum atomic E-state index is 12.9. The second-order valence-electron chi connectivity index (χ2n) is 14.3. The molecule has 0 spiro atoms. The number of nitrogens with one attached hydrogen (secondary N) is 1. The number of amides is 2. The Kier molecular flexibility index (Phi) is 11.6. The van der Waals surface area contributed by atoms with Crippen molar-refractivity contribution >= 4 is 34.0 Å². The first-order valence-corrected chi connectivity index (χ1v) is 18.2. The largest absolute Gasteiger partial charge is 0.492 e. The van der Waals surface area contributed by atoms with Crippen LogP contribution in [0.4, 0.5) is 4.79 Å². The summed E-state index contributed by atoms with van der Waals surface area (Å²) in [6.07, 6.45) is 11.3. The lowest BCUT2D eigenvalue weighted by molar-refractivity contribution is -0.116. The van der Waals surface area contributed by atoms with Gasteiger partial charge in [0.2, 0.25) is 5.91 Å². The minimum absolute atomic E-state index is 0.0187. The summed E-state index contributed by atoms with van der Waals surface area (Å²) in [7, 11) is 1.56. The van der Waals surface area contributed by atoms with Crippen LogP contribution in [-0.4, -0.2) is 65.6 Å². The van der Waals surface area contributed by atoms with Gasteiger partial charge in [-0.1, -0.05) is 61.0 Å². The topological polar surface area (TPSA) is 94.9 Å². The van der Waals surface area contributed by atoms with E-state index in [1.54, 1.807) is 13.1 Å². The van der Waals surface area contributed by atoms with Crippen molar-refractivity contribution in [3.05, 3.63) is 108 Å². The third kappa shape index (κ3) is 9.08. The Hall–Kier alpha value is -4.89. The number of hydrogen-bond acceptors (Lipinski definition) is 6. The molecule has 0 radical (unpaired) electrons. The van der Waals surface area contributed by atoms with E-state index in [0.29, 0.717) is 18.2 Å². The average molecular weight is 691 g/mol. The smallest absolute Gasteiger partial charge is 0.410 e. The zero-order chi connectivity index (χ0) is 35.8. The summed E-state index contributed by atoms with van der Waals surface area (Å²) in [6.45, 7) is 7.04. The molecule has 1 aliphatic heterocycles. The van der Waals surface area contributed by atoms with Gasteiger partial charge in [-0.15, -0.1) is 0 Å². The second kappa shape index (κ2) is 16.4. The number of ether oxygens (including phenoxy) is 3. The molecule has 2 aliphatic rings. The van der Waals surface area contributed by atoms with Crippen molar-refractivity contribution in [3.63, 3.8) is 0 Å². The lowest BCUT2D eigenvalue weighted by Crippen LogP contribution is -2.39. The van der Waals surface area contributed by atoms with Crippen LogP contribution >= 0.6 is 0 Å². The molecule has 1 atom stereocenters. The molecule has 6 rings (SSSR count). The first kappa shape index (κ1) is 35.9. The number of fused-ring (bicyclic) bond motifs is 1. The summed E-state index contributed by atoms with van der Waals surface area (Å²) in [6, 6.07) is 25.7. The van der Waals surface area contributed by atoms with Crippen molar-refractivity contribution in [2.45, 2.75) is 71.1 Å². The Balaban J connectivity index is 1.27. The van der Waals surface area contributed by atoms with Crippen LogP contribution in [0.25, 0.3) is 22.0 Å². The van der Waals surface area contributed by atoms with Crippen molar-refractivity contribution in [1.82, 2.24) is 20.0 Å². The van der Waals surface area contributed by atoms with Crippen molar-refractivity contribution in [1.29, 1.82) is 0 Å². The molecule has 51 heavy (non-hydrogen) atoms. The Bertz CT molecular complexity index is 1850. The predicted octanol–water partition coefficient (Wildman–Crippen LogP) is 8.41. The second-order valence-corrected chi connectivity index (χ2v) is 14.3. The van der Waals surface area contributed by atoms with Crippen LogP contribution in [0.5, 0.6) is 5.75 Å². The van der Waals surface area contributed by atoms with E-state index in [-0.39, 0.29) is 25.3 Å². The molecule has 268 valence electrons. The van der Waals surface area contributed by atoms with Gasteiger partial charge in [0, 0.05) is 31.7 Å². The lowest BCUT2D eigenvalue weighted by Gasteiger charge is -2.31. The fraction of sp³-hybridized carbons (Fsp3) is 0.405. The molecule has 1 saturated carbocycles. The van der Waals surface area contributed by atoms with Crippen LogP contribution in [0.3, 0.4) is 0 Å². The summed E-state index contributed by atoms with van der Waals surface area (Å²) in [5.74, 6) is 0.946. The Morgan fingerprint density at radius 1 is 0.961 bits per heavy atom. The van der Waals surface area contributed by atoms with E-state index in [9.17, 15) is 9.59 Å². The monoisotopic (exact) mass is 690 g/mol. The van der Waals surface area contributed by atoms with Gasteiger partial charge >= 0.3 is 6.09 Å². The summed E-state index contributed by atoms with van der Waals surface area (Å²) in [5.41, 5.74) is 6.55. The SMILES string of the molecule is CNC(=O)/C=C/CN(CCOc1ccc(/C(=C(\c2ccccc2)C2CCC2)c2ccc3c(cnn3C3CCCCO3)c2)cc1)C(=O)OC(C)(C)C. The highest BCUT2D eigenvalue weighted by Gasteiger charge is 2.28. The van der Waals surface area contributed by atoms with Gasteiger partial charge in [0.25, 0.3) is 0 Å². The average Bonchev–Trinajstić information content (AvgIpc) is 3.54. The number of carbonyl (C=O) groups excluding carboxylic acids is 2. The fourth-order valence-corrected chi connectivity index (χ4v) is 6.68. The van der Waals surface area contributed by atoms with Crippen molar-refractivity contribution < 1.29 is 23.8 Å². The summed E-state index contributed by atoms with van der Waals surface area (Å²) in [5, 5.41) is 8.42. The minimum Gasteiger partial charge on any atom is -0.492 e. The molecule has 9 heteroatoms. The number of benzene rings is 3. The number of hydrogen-bond donors (Lipinski definition) is 1. The molecule has 1 aromatic heterocycles. The van der Waals surface area contributed by atoms with E-state index in [1.807, 2.05) is 43.8 Å². The molecule has 1 saturated heterocycles. The molecule has 2 amide bonds. The van der Waals surface area contributed by atoms with Crippen molar-refractivity contribution in [2.75, 3.05) is 33.4 Å². The first-order chi connectivity index (χ1) is 24.7. The van der Waals surface area contributed by atoms with Gasteiger partial charge in [-0.3, -0.25) is 4.79 Å². The van der Waals surface area contributed by atoms with E-state index in [2.05, 4.69) is 66.0 Å². The van der Waals surface area contributed by atoms with Crippen LogP contribution in [-0.2, 0) is 14.3 Å². The first-order valence-electron chi connectivity index (χ1n) is 18.2. The Labute approximate surface area is 301 Å². The maximum Gasteiger partial charge on any atom is 0.410 e. The normalized spacial score (nSPS) is 17.1. The molecule has 1 N–H and O–H groups in total. The van der Waals surface area contributed by atoms with Gasteiger partial charge in [-0.2, -0.15) is 5.10 Å². The van der Waals surface area contributed by atoms with Gasteiger partial charge in [-0.05, 0) is 111 Å². The standard InChI is InChI=1S/C42H50N4O5/c1-42(2,3)51-41(48)45(24-11-16-37(47)43-4)25-27-49-35-21-18-32(19-22-35)40(39(31-14-10-15-31)30-12-6-5-7-13-30)33-20-23-36-34(28-33)29-44-46(36)38-17-8-9-26-50-38/h5-7,11-13,16,18-23,28-29,31,38H,8-10,14-15,17,24-27H2,1-4H3,(H,43,47)/b16-11+,40-39-. The molecule has 2 heterocycles. The summed E-state index contributed by atoms with van der Waals surface area (Å²) >= 11 is 0. The third-order valence-electron chi connectivity index (χ3n) is 9.45. The number of allylic oxidation sites excluding steroid dienone is 1. The third-order valence-corrected chi connectivity index (χ3v) is 9.45. The fourth-order valence-electron chi connectivity index (χ4n) is 6.68. The van der Waals surface area contributed by atoms with Crippen LogP contribution < -0.4 is 10.1 Å². The van der Waals surface area contributed by atoms with E-state index in [0.717, 1.165) is 47.9 Å². The van der Waals surface area contributed by atoms with Gasteiger partial charge in [0.1, 0.15) is 18.0 Å². The molecule has 3 aromatic carbocycles. The molecule has 1 aliphatic carbocycles. The van der Waals surface area contributed by atoms with Crippen LogP contribution in [0.15, 0.2) is 91.1 Å². The zero-order valence-corrected chi connectivity index (χ0v) is 30.3. The molecule has 9 nitrogen and oxygen atoms in total. The van der Waals surface area contributed by atoms with Gasteiger partial charge in [0.05, 0.1) is 18.3 Å². The number of likely N-dealkylation sites (N-methyl/N-ethyl adjacent to an activating group) is 1. The Morgan fingerprint density at radius 2 is 1.73 bits per heavy atom. The summed E-state index contributed by atoms with van der Waals surface area (Å²) < 4.78 is 19.9. The van der Waals surface area contributed by atoms with E-state index < -0.39 is 11.7 Å².